The molecule has 2 aromatic carbocycles. The Kier molecular flexibility index (Phi) is 6.83. The van der Waals surface area contributed by atoms with Crippen LogP contribution in [0.15, 0.2) is 42.5 Å². The molecule has 1 N–H and O–H groups in total. The van der Waals surface area contributed by atoms with E-state index in [1.165, 1.54) is 5.56 Å². The van der Waals surface area contributed by atoms with Gasteiger partial charge in [0, 0.05) is 6.54 Å². The maximum atomic E-state index is 12.5. The van der Waals surface area contributed by atoms with Crippen LogP contribution in [0.2, 0.25) is 5.02 Å². The van der Waals surface area contributed by atoms with Crippen LogP contribution in [0.3, 0.4) is 0 Å². The fourth-order valence-electron chi connectivity index (χ4n) is 2.83. The molecule has 0 atom stereocenters. The highest BCUT2D eigenvalue weighted by Gasteiger charge is 2.13. The lowest BCUT2D eigenvalue weighted by molar-refractivity contribution is -0.117. The molecule has 2 aromatic rings. The average Bonchev–Trinajstić information content (AvgIpc) is 2.52. The second-order valence-electron chi connectivity index (χ2n) is 6.18. The van der Waals surface area contributed by atoms with Gasteiger partial charge in [0.05, 0.1) is 17.3 Å². The molecule has 0 aliphatic heterocycles. The zero-order valence-corrected chi connectivity index (χ0v) is 15.4. The van der Waals surface area contributed by atoms with Gasteiger partial charge in [-0.2, -0.15) is 0 Å². The Labute approximate surface area is 149 Å². The molecule has 0 fully saturated rings. The highest BCUT2D eigenvalue weighted by Crippen LogP contribution is 2.27. The minimum Gasteiger partial charge on any atom is -0.323 e. The number of aryl methyl sites for hydroxylation is 2. The fraction of sp³-hybridized carbons (Fsp3) is 0.350. The maximum Gasteiger partial charge on any atom is 0.238 e. The number of nitrogens with zero attached hydrogens (tertiary/aromatic N) is 1. The molecule has 0 aromatic heterocycles. The predicted octanol–water partition coefficient (Wildman–Crippen LogP) is 4.81. The smallest absolute Gasteiger partial charge is 0.238 e. The third-order valence-electron chi connectivity index (χ3n) is 3.85. The Morgan fingerprint density at radius 3 is 2.50 bits per heavy atom. The monoisotopic (exact) mass is 344 g/mol. The van der Waals surface area contributed by atoms with Gasteiger partial charge in [-0.15, -0.1) is 0 Å². The molecule has 0 bridgehead atoms. The molecule has 4 heteroatoms. The summed E-state index contributed by atoms with van der Waals surface area (Å²) >= 11 is 6.28. The number of carbonyl (C=O) groups is 1. The van der Waals surface area contributed by atoms with Crippen LogP contribution >= 0.6 is 11.6 Å². The first-order valence-corrected chi connectivity index (χ1v) is 8.70. The van der Waals surface area contributed by atoms with Crippen molar-refractivity contribution in [1.29, 1.82) is 0 Å². The van der Waals surface area contributed by atoms with E-state index in [2.05, 4.69) is 29.3 Å². The second kappa shape index (κ2) is 8.86. The van der Waals surface area contributed by atoms with Crippen molar-refractivity contribution >= 4 is 23.2 Å². The zero-order chi connectivity index (χ0) is 17.5. The number of carbonyl (C=O) groups excluding carboxylic acids is 1. The minimum absolute atomic E-state index is 0.0340. The average molecular weight is 345 g/mol. The number of anilines is 1. The summed E-state index contributed by atoms with van der Waals surface area (Å²) in [5.74, 6) is -0.0340. The van der Waals surface area contributed by atoms with Crippen LogP contribution in [0, 0.1) is 13.8 Å². The fourth-order valence-corrected chi connectivity index (χ4v) is 3.20. The Bertz CT molecular complexity index is 662. The summed E-state index contributed by atoms with van der Waals surface area (Å²) in [6.07, 6.45) is 1.00. The lowest BCUT2D eigenvalue weighted by atomic mass is 10.1. The van der Waals surface area contributed by atoms with Crippen LogP contribution < -0.4 is 5.32 Å². The molecule has 0 radical (unpaired) electrons. The molecule has 1 amide bonds. The summed E-state index contributed by atoms with van der Waals surface area (Å²) in [6.45, 7) is 8.07. The largest absolute Gasteiger partial charge is 0.323 e. The van der Waals surface area contributed by atoms with Crippen LogP contribution in [0.25, 0.3) is 0 Å². The summed E-state index contributed by atoms with van der Waals surface area (Å²) in [6, 6.07) is 14.1. The number of nitrogens with one attached hydrogen (secondary N) is 1. The number of rotatable bonds is 7. The van der Waals surface area contributed by atoms with Gasteiger partial charge in [0.15, 0.2) is 0 Å². The van der Waals surface area contributed by atoms with Gasteiger partial charge in [-0.3, -0.25) is 9.69 Å². The highest BCUT2D eigenvalue weighted by molar-refractivity contribution is 6.34. The van der Waals surface area contributed by atoms with Gasteiger partial charge in [0.25, 0.3) is 0 Å². The van der Waals surface area contributed by atoms with E-state index in [4.69, 9.17) is 11.6 Å². The number of benzene rings is 2. The predicted molar refractivity (Wildman–Crippen MR) is 102 cm³/mol. The van der Waals surface area contributed by atoms with Crippen LogP contribution in [-0.2, 0) is 11.3 Å². The van der Waals surface area contributed by atoms with Gasteiger partial charge >= 0.3 is 0 Å². The summed E-state index contributed by atoms with van der Waals surface area (Å²) in [5, 5.41) is 3.56. The van der Waals surface area contributed by atoms with E-state index in [-0.39, 0.29) is 5.91 Å². The van der Waals surface area contributed by atoms with Gasteiger partial charge in [0.1, 0.15) is 0 Å². The molecule has 0 aliphatic rings. The topological polar surface area (TPSA) is 32.3 Å². The molecular formula is C20H25ClN2O. The standard InChI is InChI=1S/C20H25ClN2O/c1-4-10-23(13-17-8-6-5-7-9-17)14-19(24)22-20-16(3)11-15(2)12-18(20)21/h5-9,11-12H,4,10,13-14H2,1-3H3,(H,22,24). The van der Waals surface area contributed by atoms with Crippen molar-refractivity contribution in [3.8, 4) is 0 Å². The first-order valence-electron chi connectivity index (χ1n) is 8.32. The van der Waals surface area contributed by atoms with Gasteiger partial charge in [-0.1, -0.05) is 54.9 Å². The molecule has 3 nitrogen and oxygen atoms in total. The molecular weight excluding hydrogens is 320 g/mol. The van der Waals surface area contributed by atoms with Crippen LogP contribution in [0.4, 0.5) is 5.69 Å². The van der Waals surface area contributed by atoms with Crippen molar-refractivity contribution in [3.63, 3.8) is 0 Å². The molecule has 0 aliphatic carbocycles. The molecule has 24 heavy (non-hydrogen) atoms. The van der Waals surface area contributed by atoms with Crippen molar-refractivity contribution in [2.75, 3.05) is 18.4 Å². The summed E-state index contributed by atoms with van der Waals surface area (Å²) < 4.78 is 0. The van der Waals surface area contributed by atoms with Crippen molar-refractivity contribution in [2.24, 2.45) is 0 Å². The third-order valence-corrected chi connectivity index (χ3v) is 4.15. The van der Waals surface area contributed by atoms with Crippen LogP contribution in [0.5, 0.6) is 0 Å². The molecule has 2 rings (SSSR count). The molecule has 128 valence electrons. The third kappa shape index (κ3) is 5.36. The lowest BCUT2D eigenvalue weighted by Crippen LogP contribution is -2.33. The van der Waals surface area contributed by atoms with E-state index < -0.39 is 0 Å². The Balaban J connectivity index is 2.03. The Morgan fingerprint density at radius 1 is 1.17 bits per heavy atom. The van der Waals surface area contributed by atoms with E-state index in [0.29, 0.717) is 17.3 Å². The van der Waals surface area contributed by atoms with Crippen LogP contribution in [-0.4, -0.2) is 23.9 Å². The van der Waals surface area contributed by atoms with Gasteiger partial charge in [-0.05, 0) is 49.6 Å². The van der Waals surface area contributed by atoms with E-state index in [0.717, 1.165) is 30.6 Å². The number of amides is 1. The van der Waals surface area contributed by atoms with E-state index >= 15 is 0 Å². The van der Waals surface area contributed by atoms with E-state index in [1.54, 1.807) is 0 Å². The van der Waals surface area contributed by atoms with Gasteiger partial charge < -0.3 is 5.32 Å². The first-order chi connectivity index (χ1) is 11.5. The van der Waals surface area contributed by atoms with Crippen molar-refractivity contribution in [1.82, 2.24) is 4.90 Å². The summed E-state index contributed by atoms with van der Waals surface area (Å²) in [4.78, 5) is 14.6. The molecule has 0 spiro atoms. The second-order valence-corrected chi connectivity index (χ2v) is 6.59. The summed E-state index contributed by atoms with van der Waals surface area (Å²) in [5.41, 5.74) is 4.00. The number of hydrogen-bond donors (Lipinski definition) is 1. The van der Waals surface area contributed by atoms with Crippen molar-refractivity contribution < 1.29 is 4.79 Å². The molecule has 0 heterocycles. The molecule has 0 saturated carbocycles. The van der Waals surface area contributed by atoms with E-state index in [9.17, 15) is 4.79 Å². The van der Waals surface area contributed by atoms with Crippen molar-refractivity contribution in [3.05, 3.63) is 64.2 Å². The lowest BCUT2D eigenvalue weighted by Gasteiger charge is -2.22. The first kappa shape index (κ1) is 18.5. The maximum absolute atomic E-state index is 12.5. The Hall–Kier alpha value is -1.84. The molecule has 0 unspecified atom stereocenters. The minimum atomic E-state index is -0.0340. The van der Waals surface area contributed by atoms with Crippen LogP contribution in [0.1, 0.15) is 30.0 Å². The van der Waals surface area contributed by atoms with Gasteiger partial charge in [-0.25, -0.2) is 0 Å². The quantitative estimate of drug-likeness (QED) is 0.781. The zero-order valence-electron chi connectivity index (χ0n) is 14.6. The van der Waals surface area contributed by atoms with Gasteiger partial charge in [0.2, 0.25) is 5.91 Å². The highest BCUT2D eigenvalue weighted by atomic mass is 35.5. The Morgan fingerprint density at radius 2 is 1.88 bits per heavy atom. The summed E-state index contributed by atoms with van der Waals surface area (Å²) in [7, 11) is 0. The number of halogens is 1. The normalized spacial score (nSPS) is 10.9. The molecule has 0 saturated heterocycles. The van der Waals surface area contributed by atoms with E-state index in [1.807, 2.05) is 44.2 Å². The number of hydrogen-bond acceptors (Lipinski definition) is 2. The van der Waals surface area contributed by atoms with Crippen molar-refractivity contribution in [2.45, 2.75) is 33.7 Å². The SMILES string of the molecule is CCCN(CC(=O)Nc1c(C)cc(C)cc1Cl)Cc1ccccc1.